The number of nitrogens with one attached hydrogen (secondary N) is 1. The second kappa shape index (κ2) is 4.58. The second-order valence-corrected chi connectivity index (χ2v) is 4.32. The van der Waals surface area contributed by atoms with Gasteiger partial charge in [0.1, 0.15) is 0 Å². The lowest BCUT2D eigenvalue weighted by atomic mass is 10.3. The van der Waals surface area contributed by atoms with E-state index in [1.165, 1.54) is 0 Å². The maximum Gasteiger partial charge on any atom is 0.207 e. The standard InChI is InChI=1S/C12H14ClN3/c1-9(2)16-8-7-14-12(16)15-11-5-3-10(13)4-6-11/h3-9H,1-2H3,(H,14,15). The molecule has 0 unspecified atom stereocenters. The highest BCUT2D eigenvalue weighted by Crippen LogP contribution is 2.19. The van der Waals surface area contributed by atoms with Crippen molar-refractivity contribution in [2.24, 2.45) is 0 Å². The molecule has 1 N–H and O–H groups in total. The lowest BCUT2D eigenvalue weighted by Gasteiger charge is -2.12. The predicted octanol–water partition coefficient (Wildman–Crippen LogP) is 3.86. The van der Waals surface area contributed by atoms with Gasteiger partial charge in [-0.2, -0.15) is 0 Å². The molecule has 1 aromatic heterocycles. The summed E-state index contributed by atoms with van der Waals surface area (Å²) in [6, 6.07) is 7.96. The van der Waals surface area contributed by atoms with Gasteiger partial charge in [0.05, 0.1) is 0 Å². The summed E-state index contributed by atoms with van der Waals surface area (Å²) >= 11 is 5.83. The minimum absolute atomic E-state index is 0.386. The molecule has 16 heavy (non-hydrogen) atoms. The third-order valence-corrected chi connectivity index (χ3v) is 2.58. The quantitative estimate of drug-likeness (QED) is 0.876. The van der Waals surface area contributed by atoms with Gasteiger partial charge in [-0.05, 0) is 38.1 Å². The van der Waals surface area contributed by atoms with E-state index in [0.29, 0.717) is 6.04 Å². The van der Waals surface area contributed by atoms with Gasteiger partial charge in [-0.3, -0.25) is 0 Å². The summed E-state index contributed by atoms with van der Waals surface area (Å²) in [6.45, 7) is 4.24. The monoisotopic (exact) mass is 235 g/mol. The molecule has 0 aliphatic heterocycles. The number of rotatable bonds is 3. The molecule has 1 heterocycles. The fourth-order valence-electron chi connectivity index (χ4n) is 1.49. The van der Waals surface area contributed by atoms with Crippen LogP contribution in [0.15, 0.2) is 36.7 Å². The lowest BCUT2D eigenvalue weighted by Crippen LogP contribution is -2.04. The number of hydrogen-bond acceptors (Lipinski definition) is 2. The molecule has 0 amide bonds. The largest absolute Gasteiger partial charge is 0.326 e. The second-order valence-electron chi connectivity index (χ2n) is 3.88. The minimum atomic E-state index is 0.386. The summed E-state index contributed by atoms with van der Waals surface area (Å²) in [5, 5.41) is 3.99. The first-order valence-corrected chi connectivity index (χ1v) is 5.60. The molecule has 0 bridgehead atoms. The van der Waals surface area contributed by atoms with E-state index in [1.54, 1.807) is 6.20 Å². The lowest BCUT2D eigenvalue weighted by molar-refractivity contribution is 0.608. The Kier molecular flexibility index (Phi) is 3.15. The van der Waals surface area contributed by atoms with E-state index in [9.17, 15) is 0 Å². The molecule has 0 spiro atoms. The van der Waals surface area contributed by atoms with Gasteiger partial charge in [0, 0.05) is 29.1 Å². The molecule has 2 aromatic rings. The average Bonchev–Trinajstić information content (AvgIpc) is 2.69. The zero-order valence-electron chi connectivity index (χ0n) is 9.31. The first kappa shape index (κ1) is 11.0. The third-order valence-electron chi connectivity index (χ3n) is 2.33. The molecule has 0 saturated heterocycles. The molecule has 0 aliphatic carbocycles. The predicted molar refractivity (Wildman–Crippen MR) is 67.3 cm³/mol. The molecule has 0 aliphatic rings. The van der Waals surface area contributed by atoms with Gasteiger partial charge in [0.25, 0.3) is 0 Å². The van der Waals surface area contributed by atoms with Gasteiger partial charge in [-0.1, -0.05) is 11.6 Å². The minimum Gasteiger partial charge on any atom is -0.326 e. The SMILES string of the molecule is CC(C)n1ccnc1Nc1ccc(Cl)cc1. The highest BCUT2D eigenvalue weighted by molar-refractivity contribution is 6.30. The summed E-state index contributed by atoms with van der Waals surface area (Å²) in [7, 11) is 0. The van der Waals surface area contributed by atoms with Gasteiger partial charge in [0.2, 0.25) is 5.95 Å². The number of nitrogens with zero attached hydrogens (tertiary/aromatic N) is 2. The third kappa shape index (κ3) is 2.36. The molecule has 0 radical (unpaired) electrons. The van der Waals surface area contributed by atoms with Crippen molar-refractivity contribution in [2.75, 3.05) is 5.32 Å². The molecule has 84 valence electrons. The summed E-state index contributed by atoms with van der Waals surface area (Å²) in [4.78, 5) is 4.27. The highest BCUT2D eigenvalue weighted by Gasteiger charge is 2.05. The van der Waals surface area contributed by atoms with E-state index in [0.717, 1.165) is 16.7 Å². The van der Waals surface area contributed by atoms with Crippen LogP contribution in [0.1, 0.15) is 19.9 Å². The Morgan fingerprint density at radius 1 is 1.25 bits per heavy atom. The van der Waals surface area contributed by atoms with Crippen LogP contribution in [0.5, 0.6) is 0 Å². The first-order chi connectivity index (χ1) is 7.66. The van der Waals surface area contributed by atoms with Crippen molar-refractivity contribution in [3.05, 3.63) is 41.7 Å². The molecule has 1 aromatic carbocycles. The van der Waals surface area contributed by atoms with Gasteiger partial charge < -0.3 is 9.88 Å². The van der Waals surface area contributed by atoms with Crippen LogP contribution in [-0.4, -0.2) is 9.55 Å². The first-order valence-electron chi connectivity index (χ1n) is 5.22. The topological polar surface area (TPSA) is 29.9 Å². The van der Waals surface area contributed by atoms with Crippen LogP contribution in [0.3, 0.4) is 0 Å². The van der Waals surface area contributed by atoms with Crippen molar-refractivity contribution in [2.45, 2.75) is 19.9 Å². The zero-order valence-corrected chi connectivity index (χ0v) is 10.1. The van der Waals surface area contributed by atoms with Crippen molar-refractivity contribution >= 4 is 23.2 Å². The Bertz CT molecular complexity index is 459. The van der Waals surface area contributed by atoms with Crippen LogP contribution in [0.2, 0.25) is 5.02 Å². The van der Waals surface area contributed by atoms with Crippen LogP contribution in [-0.2, 0) is 0 Å². The normalized spacial score (nSPS) is 10.8. The smallest absolute Gasteiger partial charge is 0.207 e. The molecule has 2 rings (SSSR count). The van der Waals surface area contributed by atoms with Gasteiger partial charge in [-0.15, -0.1) is 0 Å². The Morgan fingerprint density at radius 3 is 2.56 bits per heavy atom. The van der Waals surface area contributed by atoms with E-state index in [1.807, 2.05) is 30.5 Å². The summed E-state index contributed by atoms with van der Waals surface area (Å²) in [5.74, 6) is 0.845. The summed E-state index contributed by atoms with van der Waals surface area (Å²) in [5.41, 5.74) is 0.984. The molecule has 0 saturated carbocycles. The zero-order chi connectivity index (χ0) is 11.5. The van der Waals surface area contributed by atoms with Crippen molar-refractivity contribution < 1.29 is 0 Å². The number of aromatic nitrogens is 2. The Balaban J connectivity index is 2.20. The Labute approximate surface area is 100 Å². The van der Waals surface area contributed by atoms with Gasteiger partial charge in [0.15, 0.2) is 0 Å². The van der Waals surface area contributed by atoms with E-state index in [-0.39, 0.29) is 0 Å². The van der Waals surface area contributed by atoms with E-state index < -0.39 is 0 Å². The summed E-state index contributed by atoms with van der Waals surface area (Å²) in [6.07, 6.45) is 3.75. The van der Waals surface area contributed by atoms with Crippen LogP contribution >= 0.6 is 11.6 Å². The maximum absolute atomic E-state index is 5.83. The Morgan fingerprint density at radius 2 is 1.94 bits per heavy atom. The number of anilines is 2. The van der Waals surface area contributed by atoms with Crippen LogP contribution < -0.4 is 5.32 Å². The van der Waals surface area contributed by atoms with Crippen molar-refractivity contribution in [1.29, 1.82) is 0 Å². The molecule has 0 atom stereocenters. The Hall–Kier alpha value is -1.48. The van der Waals surface area contributed by atoms with Crippen molar-refractivity contribution in [3.8, 4) is 0 Å². The maximum atomic E-state index is 5.83. The molecular formula is C12H14ClN3. The van der Waals surface area contributed by atoms with Crippen LogP contribution in [0, 0.1) is 0 Å². The van der Waals surface area contributed by atoms with Gasteiger partial charge >= 0.3 is 0 Å². The number of hydrogen-bond donors (Lipinski definition) is 1. The number of benzene rings is 1. The molecule has 4 heteroatoms. The fraction of sp³-hybridized carbons (Fsp3) is 0.250. The van der Waals surface area contributed by atoms with Crippen LogP contribution in [0.25, 0.3) is 0 Å². The van der Waals surface area contributed by atoms with Crippen molar-refractivity contribution in [3.63, 3.8) is 0 Å². The number of halogens is 1. The summed E-state index contributed by atoms with van der Waals surface area (Å²) < 4.78 is 2.08. The van der Waals surface area contributed by atoms with E-state index >= 15 is 0 Å². The molecule has 0 fully saturated rings. The van der Waals surface area contributed by atoms with Crippen molar-refractivity contribution in [1.82, 2.24) is 9.55 Å². The number of imidazole rings is 1. The molecule has 3 nitrogen and oxygen atoms in total. The van der Waals surface area contributed by atoms with Crippen LogP contribution in [0.4, 0.5) is 11.6 Å². The van der Waals surface area contributed by atoms with E-state index in [2.05, 4.69) is 28.7 Å². The average molecular weight is 236 g/mol. The highest BCUT2D eigenvalue weighted by atomic mass is 35.5. The molecular weight excluding hydrogens is 222 g/mol. The van der Waals surface area contributed by atoms with E-state index in [4.69, 9.17) is 11.6 Å². The fourth-order valence-corrected chi connectivity index (χ4v) is 1.61. The van der Waals surface area contributed by atoms with Gasteiger partial charge in [-0.25, -0.2) is 4.98 Å².